The number of aromatic nitrogens is 5. The second-order valence-electron chi connectivity index (χ2n) is 6.16. The van der Waals surface area contributed by atoms with Crippen molar-refractivity contribution >= 4 is 17.2 Å². The van der Waals surface area contributed by atoms with Crippen molar-refractivity contribution < 1.29 is 4.74 Å². The van der Waals surface area contributed by atoms with E-state index in [1.165, 1.54) is 0 Å². The van der Waals surface area contributed by atoms with Gasteiger partial charge in [0, 0.05) is 33.4 Å². The summed E-state index contributed by atoms with van der Waals surface area (Å²) >= 11 is 6.14. The molecule has 3 aromatic rings. The summed E-state index contributed by atoms with van der Waals surface area (Å²) in [6.45, 7) is 1.60. The molecule has 0 spiro atoms. The summed E-state index contributed by atoms with van der Waals surface area (Å²) in [6, 6.07) is 3.95. The van der Waals surface area contributed by atoms with E-state index < -0.39 is 0 Å². The van der Waals surface area contributed by atoms with Crippen molar-refractivity contribution in [3.63, 3.8) is 0 Å². The summed E-state index contributed by atoms with van der Waals surface area (Å²) in [7, 11) is 3.73. The molecule has 1 saturated heterocycles. The average molecular weight is 347 g/mol. The molecular formula is C16H19ClN6O. The highest BCUT2D eigenvalue weighted by Gasteiger charge is 2.36. The Bertz CT molecular complexity index is 859. The number of ether oxygens (including phenoxy) is 1. The van der Waals surface area contributed by atoms with Crippen molar-refractivity contribution in [3.8, 4) is 0 Å². The number of nitrogens with zero attached hydrogens (tertiary/aromatic N) is 6. The molecule has 7 nitrogen and oxygen atoms in total. The van der Waals surface area contributed by atoms with Gasteiger partial charge in [0.25, 0.3) is 0 Å². The molecule has 2 atom stereocenters. The molecule has 0 aromatic carbocycles. The molecule has 24 heavy (non-hydrogen) atoms. The maximum atomic E-state index is 6.14. The van der Waals surface area contributed by atoms with E-state index >= 15 is 0 Å². The second-order valence-corrected chi connectivity index (χ2v) is 6.60. The SMILES string of the molecule is CO[C@@H]1C[C@@H](c2nncn2C)N(Cc2cnc3ccc(Cl)cn23)C1. The van der Waals surface area contributed by atoms with Crippen LogP contribution in [0.3, 0.4) is 0 Å². The van der Waals surface area contributed by atoms with E-state index in [-0.39, 0.29) is 12.1 Å². The third-order valence-corrected chi connectivity index (χ3v) is 4.88. The minimum Gasteiger partial charge on any atom is -0.380 e. The van der Waals surface area contributed by atoms with Crippen LogP contribution in [0.15, 0.2) is 30.9 Å². The Morgan fingerprint density at radius 3 is 3.00 bits per heavy atom. The summed E-state index contributed by atoms with van der Waals surface area (Å²) in [6.07, 6.45) is 6.64. The Labute approximate surface area is 144 Å². The number of halogens is 1. The van der Waals surface area contributed by atoms with Crippen molar-refractivity contribution in [1.29, 1.82) is 0 Å². The summed E-state index contributed by atoms with van der Waals surface area (Å²) in [5, 5.41) is 9.01. The van der Waals surface area contributed by atoms with Gasteiger partial charge in [-0.05, 0) is 18.6 Å². The number of hydrogen-bond donors (Lipinski definition) is 0. The van der Waals surface area contributed by atoms with Gasteiger partial charge in [-0.2, -0.15) is 0 Å². The van der Waals surface area contributed by atoms with Crippen molar-refractivity contribution in [3.05, 3.63) is 47.4 Å². The van der Waals surface area contributed by atoms with Gasteiger partial charge in [-0.3, -0.25) is 4.90 Å². The molecule has 8 heteroatoms. The molecule has 0 bridgehead atoms. The lowest BCUT2D eigenvalue weighted by Crippen LogP contribution is -2.26. The van der Waals surface area contributed by atoms with Crippen LogP contribution >= 0.6 is 11.6 Å². The molecule has 1 aliphatic rings. The monoisotopic (exact) mass is 346 g/mol. The van der Waals surface area contributed by atoms with Gasteiger partial charge in [0.05, 0.1) is 29.1 Å². The van der Waals surface area contributed by atoms with Crippen LogP contribution in [0, 0.1) is 0 Å². The molecule has 3 aromatic heterocycles. The van der Waals surface area contributed by atoms with Crippen molar-refractivity contribution in [1.82, 2.24) is 29.0 Å². The maximum Gasteiger partial charge on any atom is 0.150 e. The Morgan fingerprint density at radius 1 is 1.38 bits per heavy atom. The van der Waals surface area contributed by atoms with Gasteiger partial charge in [-0.1, -0.05) is 11.6 Å². The highest BCUT2D eigenvalue weighted by molar-refractivity contribution is 6.30. The third-order valence-electron chi connectivity index (χ3n) is 4.65. The van der Waals surface area contributed by atoms with E-state index in [9.17, 15) is 0 Å². The second kappa shape index (κ2) is 6.16. The van der Waals surface area contributed by atoms with Crippen LogP contribution in [0.1, 0.15) is 24.0 Å². The molecule has 0 N–H and O–H groups in total. The van der Waals surface area contributed by atoms with Gasteiger partial charge >= 0.3 is 0 Å². The number of imidazole rings is 1. The van der Waals surface area contributed by atoms with E-state index in [0.29, 0.717) is 5.02 Å². The quantitative estimate of drug-likeness (QED) is 0.724. The van der Waals surface area contributed by atoms with Crippen LogP contribution < -0.4 is 0 Å². The van der Waals surface area contributed by atoms with Gasteiger partial charge in [0.15, 0.2) is 0 Å². The van der Waals surface area contributed by atoms with Crippen LogP contribution in [0.4, 0.5) is 0 Å². The summed E-state index contributed by atoms with van der Waals surface area (Å²) in [5.74, 6) is 0.960. The number of fused-ring (bicyclic) bond motifs is 1. The van der Waals surface area contributed by atoms with Gasteiger partial charge < -0.3 is 13.7 Å². The fourth-order valence-electron chi connectivity index (χ4n) is 3.40. The highest BCUT2D eigenvalue weighted by Crippen LogP contribution is 2.33. The first-order valence-corrected chi connectivity index (χ1v) is 8.25. The van der Waals surface area contributed by atoms with Gasteiger partial charge in [-0.25, -0.2) is 4.98 Å². The van der Waals surface area contributed by atoms with Gasteiger partial charge in [-0.15, -0.1) is 10.2 Å². The van der Waals surface area contributed by atoms with Crippen molar-refractivity contribution in [2.45, 2.75) is 25.1 Å². The molecule has 0 saturated carbocycles. The lowest BCUT2D eigenvalue weighted by molar-refractivity contribution is 0.107. The summed E-state index contributed by atoms with van der Waals surface area (Å²) in [5.41, 5.74) is 1.99. The lowest BCUT2D eigenvalue weighted by Gasteiger charge is -2.22. The van der Waals surface area contributed by atoms with Gasteiger partial charge in [0.2, 0.25) is 0 Å². The number of aryl methyl sites for hydroxylation is 1. The van der Waals surface area contributed by atoms with Crippen LogP contribution in [0.25, 0.3) is 5.65 Å². The molecule has 4 heterocycles. The molecule has 4 rings (SSSR count). The first-order chi connectivity index (χ1) is 11.7. The van der Waals surface area contributed by atoms with E-state index in [0.717, 1.165) is 36.7 Å². The standard InChI is InChI=1S/C16H19ClN6O/c1-21-10-19-20-16(21)14-5-13(24-2)9-22(14)8-12-6-18-15-4-3-11(17)7-23(12)15/h3-4,6-7,10,13-14H,5,8-9H2,1-2H3/t13-,14+/m1/s1. The summed E-state index contributed by atoms with van der Waals surface area (Å²) in [4.78, 5) is 6.82. The number of methoxy groups -OCH3 is 1. The Morgan fingerprint density at radius 2 is 2.25 bits per heavy atom. The largest absolute Gasteiger partial charge is 0.380 e. The Balaban J connectivity index is 1.65. The zero-order valence-electron chi connectivity index (χ0n) is 13.6. The first kappa shape index (κ1) is 15.6. The van der Waals surface area contributed by atoms with Crippen molar-refractivity contribution in [2.24, 2.45) is 7.05 Å². The molecule has 0 unspecified atom stereocenters. The van der Waals surface area contributed by atoms with Crippen LogP contribution in [-0.4, -0.2) is 48.8 Å². The molecular weight excluding hydrogens is 328 g/mol. The highest BCUT2D eigenvalue weighted by atomic mass is 35.5. The molecule has 1 aliphatic heterocycles. The number of hydrogen-bond acceptors (Lipinski definition) is 5. The summed E-state index contributed by atoms with van der Waals surface area (Å²) < 4.78 is 9.60. The third kappa shape index (κ3) is 2.68. The van der Waals surface area contributed by atoms with E-state index in [1.807, 2.05) is 40.5 Å². The smallest absolute Gasteiger partial charge is 0.150 e. The predicted molar refractivity (Wildman–Crippen MR) is 89.8 cm³/mol. The zero-order chi connectivity index (χ0) is 16.7. The Kier molecular flexibility index (Phi) is 3.99. The maximum absolute atomic E-state index is 6.14. The van der Waals surface area contributed by atoms with E-state index in [4.69, 9.17) is 16.3 Å². The fraction of sp³-hybridized carbons (Fsp3) is 0.438. The van der Waals surface area contributed by atoms with E-state index in [2.05, 4.69) is 20.1 Å². The van der Waals surface area contributed by atoms with Crippen LogP contribution in [0.5, 0.6) is 0 Å². The van der Waals surface area contributed by atoms with Crippen molar-refractivity contribution in [2.75, 3.05) is 13.7 Å². The minimum absolute atomic E-state index is 0.173. The number of rotatable bonds is 4. The normalized spacial score (nSPS) is 21.8. The topological polar surface area (TPSA) is 60.5 Å². The zero-order valence-corrected chi connectivity index (χ0v) is 14.4. The van der Waals surface area contributed by atoms with Gasteiger partial charge in [0.1, 0.15) is 17.8 Å². The Hall–Kier alpha value is -1.96. The number of likely N-dealkylation sites (tertiary alicyclic amines) is 1. The lowest BCUT2D eigenvalue weighted by atomic mass is 10.2. The predicted octanol–water partition coefficient (Wildman–Crippen LogP) is 2.08. The van der Waals surface area contributed by atoms with Crippen LogP contribution in [-0.2, 0) is 18.3 Å². The molecule has 0 radical (unpaired) electrons. The fourth-order valence-corrected chi connectivity index (χ4v) is 3.56. The molecule has 0 aliphatic carbocycles. The molecule has 0 amide bonds. The minimum atomic E-state index is 0.173. The van der Waals surface area contributed by atoms with Crippen LogP contribution in [0.2, 0.25) is 5.02 Å². The van der Waals surface area contributed by atoms with E-state index in [1.54, 1.807) is 13.4 Å². The number of pyridine rings is 1. The average Bonchev–Trinajstić information content (AvgIpc) is 3.27. The first-order valence-electron chi connectivity index (χ1n) is 7.88. The molecule has 126 valence electrons. The molecule has 1 fully saturated rings.